The van der Waals surface area contributed by atoms with Crippen LogP contribution in [-0.2, 0) is 6.42 Å². The van der Waals surface area contributed by atoms with Gasteiger partial charge in [0.05, 0.1) is 19.0 Å². The molecule has 6 heteroatoms. The second-order valence-corrected chi connectivity index (χ2v) is 5.16. The van der Waals surface area contributed by atoms with Gasteiger partial charge in [0.1, 0.15) is 17.2 Å². The van der Waals surface area contributed by atoms with E-state index in [9.17, 15) is 5.11 Å². The molecule has 118 valence electrons. The van der Waals surface area contributed by atoms with Gasteiger partial charge in [-0.05, 0) is 30.2 Å². The fourth-order valence-electron chi connectivity index (χ4n) is 2.50. The molecule has 0 aliphatic heterocycles. The van der Waals surface area contributed by atoms with Gasteiger partial charge in [0.2, 0.25) is 0 Å². The Labute approximate surface area is 134 Å². The van der Waals surface area contributed by atoms with E-state index < -0.39 is 0 Å². The quantitative estimate of drug-likeness (QED) is 0.724. The van der Waals surface area contributed by atoms with Crippen molar-refractivity contribution in [1.82, 2.24) is 15.0 Å². The van der Waals surface area contributed by atoms with Crippen molar-refractivity contribution in [3.63, 3.8) is 0 Å². The third-order valence-corrected chi connectivity index (χ3v) is 3.74. The first-order valence-corrected chi connectivity index (χ1v) is 7.31. The molecule has 0 spiro atoms. The van der Waals surface area contributed by atoms with E-state index in [-0.39, 0.29) is 5.75 Å². The zero-order valence-corrected chi connectivity index (χ0v) is 13.0. The van der Waals surface area contributed by atoms with Crippen molar-refractivity contribution in [2.45, 2.75) is 13.3 Å². The summed E-state index contributed by atoms with van der Waals surface area (Å²) < 4.78 is 6.91. The molecule has 2 aromatic carbocycles. The number of aromatic hydroxyl groups is 1. The number of aromatic nitrogens is 3. The number of rotatable bonds is 4. The molecule has 0 aliphatic carbocycles. The highest BCUT2D eigenvalue weighted by molar-refractivity contribution is 5.65. The van der Waals surface area contributed by atoms with Gasteiger partial charge in [-0.15, -0.1) is 5.10 Å². The summed E-state index contributed by atoms with van der Waals surface area (Å²) in [5.74, 6) is 0.740. The van der Waals surface area contributed by atoms with Crippen LogP contribution in [-0.4, -0.2) is 27.2 Å². The van der Waals surface area contributed by atoms with Crippen molar-refractivity contribution in [2.75, 3.05) is 12.8 Å². The Hall–Kier alpha value is -3.02. The second kappa shape index (κ2) is 6.00. The van der Waals surface area contributed by atoms with Gasteiger partial charge in [-0.1, -0.05) is 24.3 Å². The van der Waals surface area contributed by atoms with Crippen LogP contribution in [0.2, 0.25) is 0 Å². The molecule has 6 nitrogen and oxygen atoms in total. The Morgan fingerprint density at radius 1 is 1.22 bits per heavy atom. The zero-order valence-electron chi connectivity index (χ0n) is 13.0. The lowest BCUT2D eigenvalue weighted by Gasteiger charge is -2.13. The van der Waals surface area contributed by atoms with Crippen LogP contribution in [0.25, 0.3) is 16.9 Å². The summed E-state index contributed by atoms with van der Waals surface area (Å²) in [4.78, 5) is 0. The molecule has 0 fully saturated rings. The highest BCUT2D eigenvalue weighted by Crippen LogP contribution is 2.33. The van der Waals surface area contributed by atoms with Gasteiger partial charge < -0.3 is 15.6 Å². The molecular formula is C17H18N4O2. The van der Waals surface area contributed by atoms with Crippen molar-refractivity contribution in [2.24, 2.45) is 0 Å². The first kappa shape index (κ1) is 14.9. The number of phenolic OH excluding ortho intramolecular Hbond substituents is 1. The van der Waals surface area contributed by atoms with Gasteiger partial charge in [0.15, 0.2) is 0 Å². The highest BCUT2D eigenvalue weighted by Gasteiger charge is 2.15. The first-order valence-electron chi connectivity index (χ1n) is 7.31. The van der Waals surface area contributed by atoms with E-state index in [1.54, 1.807) is 24.1 Å². The topological polar surface area (TPSA) is 86.2 Å². The molecule has 1 aromatic heterocycles. The Kier molecular flexibility index (Phi) is 3.89. The molecule has 3 aromatic rings. The number of aryl methyl sites for hydroxylation is 1. The van der Waals surface area contributed by atoms with Gasteiger partial charge in [-0.25, -0.2) is 4.68 Å². The maximum absolute atomic E-state index is 10.3. The molecule has 3 N–H and O–H groups in total. The third-order valence-electron chi connectivity index (χ3n) is 3.74. The second-order valence-electron chi connectivity index (χ2n) is 5.16. The molecule has 0 unspecified atom stereocenters. The average molecular weight is 310 g/mol. The van der Waals surface area contributed by atoms with Crippen LogP contribution in [0.4, 0.5) is 5.69 Å². The first-order chi connectivity index (χ1) is 11.1. The standard InChI is InChI=1S/C17H18N4O2/c1-3-11-8-14(16(22)9-17(11)23-2)21-15(10-19-20-21)12-4-6-13(18)7-5-12/h4-10,22H,3,18H2,1-2H3. The fraction of sp³-hybridized carbons (Fsp3) is 0.176. The number of nitrogens with zero attached hydrogens (tertiary/aromatic N) is 3. The minimum absolute atomic E-state index is 0.0845. The summed E-state index contributed by atoms with van der Waals surface area (Å²) in [6.45, 7) is 2.03. The smallest absolute Gasteiger partial charge is 0.145 e. The molecule has 0 bridgehead atoms. The number of hydrogen-bond acceptors (Lipinski definition) is 5. The molecule has 0 saturated carbocycles. The summed E-state index contributed by atoms with van der Waals surface area (Å²) in [6.07, 6.45) is 2.43. The summed E-state index contributed by atoms with van der Waals surface area (Å²) in [6, 6.07) is 10.9. The summed E-state index contributed by atoms with van der Waals surface area (Å²) in [5, 5.41) is 18.4. The van der Waals surface area contributed by atoms with E-state index >= 15 is 0 Å². The Balaban J connectivity index is 2.13. The van der Waals surface area contributed by atoms with Crippen LogP contribution in [0.1, 0.15) is 12.5 Å². The summed E-state index contributed by atoms with van der Waals surface area (Å²) in [5.41, 5.74) is 9.65. The lowest BCUT2D eigenvalue weighted by molar-refractivity contribution is 0.402. The number of phenols is 1. The zero-order chi connectivity index (χ0) is 16.4. The fourth-order valence-corrected chi connectivity index (χ4v) is 2.50. The molecule has 1 heterocycles. The van der Waals surface area contributed by atoms with Crippen LogP contribution < -0.4 is 10.5 Å². The van der Waals surface area contributed by atoms with Crippen LogP contribution in [0.3, 0.4) is 0 Å². The van der Waals surface area contributed by atoms with E-state index in [1.807, 2.05) is 37.3 Å². The predicted octanol–water partition coefficient (Wildman–Crippen LogP) is 2.79. The van der Waals surface area contributed by atoms with Crippen molar-refractivity contribution in [1.29, 1.82) is 0 Å². The lowest BCUT2D eigenvalue weighted by Crippen LogP contribution is -2.02. The number of nitrogen functional groups attached to an aromatic ring is 1. The van der Waals surface area contributed by atoms with Crippen LogP contribution >= 0.6 is 0 Å². The molecule has 3 rings (SSSR count). The number of benzene rings is 2. The molecule has 0 aliphatic rings. The van der Waals surface area contributed by atoms with Gasteiger partial charge in [-0.3, -0.25) is 0 Å². The van der Waals surface area contributed by atoms with Gasteiger partial charge in [-0.2, -0.15) is 0 Å². The number of anilines is 1. The van der Waals surface area contributed by atoms with Gasteiger partial charge >= 0.3 is 0 Å². The lowest BCUT2D eigenvalue weighted by atomic mass is 10.1. The normalized spacial score (nSPS) is 10.7. The van der Waals surface area contributed by atoms with Crippen molar-refractivity contribution in [3.05, 3.63) is 48.2 Å². The SMILES string of the molecule is CCc1cc(-n2nncc2-c2ccc(N)cc2)c(O)cc1OC. The molecule has 0 atom stereocenters. The maximum atomic E-state index is 10.3. The van der Waals surface area contributed by atoms with Crippen molar-refractivity contribution >= 4 is 5.69 Å². The van der Waals surface area contributed by atoms with Gasteiger partial charge in [0.25, 0.3) is 0 Å². The van der Waals surface area contributed by atoms with E-state index in [0.717, 1.165) is 23.2 Å². The summed E-state index contributed by atoms with van der Waals surface area (Å²) >= 11 is 0. The summed E-state index contributed by atoms with van der Waals surface area (Å²) in [7, 11) is 1.59. The Morgan fingerprint density at radius 2 is 1.96 bits per heavy atom. The Bertz CT molecular complexity index is 825. The number of ether oxygens (including phenoxy) is 1. The molecule has 0 radical (unpaired) electrons. The monoisotopic (exact) mass is 310 g/mol. The largest absolute Gasteiger partial charge is 0.506 e. The highest BCUT2D eigenvalue weighted by atomic mass is 16.5. The van der Waals surface area contributed by atoms with Crippen LogP contribution in [0, 0.1) is 0 Å². The number of hydrogen-bond donors (Lipinski definition) is 2. The van der Waals surface area contributed by atoms with E-state index in [0.29, 0.717) is 17.1 Å². The Morgan fingerprint density at radius 3 is 2.61 bits per heavy atom. The molecule has 0 saturated heterocycles. The molecular weight excluding hydrogens is 292 g/mol. The molecule has 0 amide bonds. The minimum atomic E-state index is 0.0845. The number of nitrogens with two attached hydrogens (primary N) is 1. The van der Waals surface area contributed by atoms with Crippen LogP contribution in [0.5, 0.6) is 11.5 Å². The van der Waals surface area contributed by atoms with Crippen molar-refractivity contribution < 1.29 is 9.84 Å². The van der Waals surface area contributed by atoms with Crippen LogP contribution in [0.15, 0.2) is 42.6 Å². The van der Waals surface area contributed by atoms with E-state index in [1.165, 1.54) is 0 Å². The van der Waals surface area contributed by atoms with E-state index in [4.69, 9.17) is 10.5 Å². The number of methoxy groups -OCH3 is 1. The van der Waals surface area contributed by atoms with Gasteiger partial charge in [0, 0.05) is 17.3 Å². The average Bonchev–Trinajstić information content (AvgIpc) is 3.04. The maximum Gasteiger partial charge on any atom is 0.145 e. The third kappa shape index (κ3) is 2.70. The minimum Gasteiger partial charge on any atom is -0.506 e. The molecule has 23 heavy (non-hydrogen) atoms. The predicted molar refractivity (Wildman–Crippen MR) is 88.8 cm³/mol. The van der Waals surface area contributed by atoms with Crippen molar-refractivity contribution in [3.8, 4) is 28.4 Å². The van der Waals surface area contributed by atoms with E-state index in [2.05, 4.69) is 10.3 Å².